The predicted molar refractivity (Wildman–Crippen MR) is 69.2 cm³/mol. The molecule has 0 aliphatic heterocycles. The predicted octanol–water partition coefficient (Wildman–Crippen LogP) is 1.33. The Kier molecular flexibility index (Phi) is 2.26. The van der Waals surface area contributed by atoms with Crippen molar-refractivity contribution in [2.75, 3.05) is 0 Å². The summed E-state index contributed by atoms with van der Waals surface area (Å²) in [6, 6.07) is 5.77. The second kappa shape index (κ2) is 3.80. The van der Waals surface area contributed by atoms with Crippen LogP contribution in [0.2, 0.25) is 0 Å². The molecular weight excluding hydrogens is 228 g/mol. The van der Waals surface area contributed by atoms with Crippen LogP contribution in [0.4, 0.5) is 0 Å². The molecule has 18 heavy (non-hydrogen) atoms. The van der Waals surface area contributed by atoms with E-state index >= 15 is 0 Å². The highest BCUT2D eigenvalue weighted by atomic mass is 16.1. The van der Waals surface area contributed by atoms with Gasteiger partial charge in [0.1, 0.15) is 0 Å². The molecule has 3 aromatic rings. The van der Waals surface area contributed by atoms with Crippen molar-refractivity contribution in [3.8, 4) is 11.1 Å². The number of hydrogen-bond donors (Lipinski definition) is 0. The first-order valence-electron chi connectivity index (χ1n) is 5.60. The Morgan fingerprint density at radius 3 is 2.61 bits per heavy atom. The van der Waals surface area contributed by atoms with Crippen molar-refractivity contribution in [3.63, 3.8) is 0 Å². The maximum atomic E-state index is 11.8. The molecule has 0 aliphatic carbocycles. The maximum absolute atomic E-state index is 11.8. The Balaban J connectivity index is 2.29. The van der Waals surface area contributed by atoms with Crippen molar-refractivity contribution in [3.05, 3.63) is 47.0 Å². The molecule has 0 saturated heterocycles. The Hall–Kier alpha value is -2.43. The van der Waals surface area contributed by atoms with E-state index in [1.807, 2.05) is 38.5 Å². The first-order valence-corrected chi connectivity index (χ1v) is 5.60. The number of aromatic nitrogens is 4. The zero-order valence-electron chi connectivity index (χ0n) is 10.2. The third kappa shape index (κ3) is 1.60. The molecule has 5 heteroatoms. The summed E-state index contributed by atoms with van der Waals surface area (Å²) in [4.78, 5) is 11.8. The summed E-state index contributed by atoms with van der Waals surface area (Å²) in [6.45, 7) is 0. The molecule has 0 N–H and O–H groups in total. The maximum Gasteiger partial charge on any atom is 0.207 e. The summed E-state index contributed by atoms with van der Waals surface area (Å²) in [5, 5.41) is 8.81. The lowest BCUT2D eigenvalue weighted by molar-refractivity contribution is 0.768. The largest absolute Gasteiger partial charge is 0.287 e. The Labute approximate surface area is 103 Å². The minimum absolute atomic E-state index is 0.0613. The van der Waals surface area contributed by atoms with Gasteiger partial charge < -0.3 is 0 Å². The molecule has 0 amide bonds. The van der Waals surface area contributed by atoms with E-state index in [0.29, 0.717) is 5.39 Å². The van der Waals surface area contributed by atoms with Crippen molar-refractivity contribution < 1.29 is 0 Å². The fraction of sp³-hybridized carbons (Fsp3) is 0.154. The summed E-state index contributed by atoms with van der Waals surface area (Å²) in [6.07, 6.45) is 5.05. The van der Waals surface area contributed by atoms with Gasteiger partial charge in [0.15, 0.2) is 0 Å². The van der Waals surface area contributed by atoms with Gasteiger partial charge in [-0.2, -0.15) is 10.2 Å². The molecule has 0 aliphatic rings. The number of nitrogens with zero attached hydrogens (tertiary/aromatic N) is 4. The second-order valence-electron chi connectivity index (χ2n) is 4.27. The quantitative estimate of drug-likeness (QED) is 0.645. The van der Waals surface area contributed by atoms with Crippen molar-refractivity contribution >= 4 is 10.9 Å². The van der Waals surface area contributed by atoms with Crippen molar-refractivity contribution in [2.45, 2.75) is 0 Å². The van der Waals surface area contributed by atoms with Crippen molar-refractivity contribution in [1.82, 2.24) is 19.6 Å². The lowest BCUT2D eigenvalue weighted by Gasteiger charge is -2.04. The van der Waals surface area contributed by atoms with Gasteiger partial charge in [0.25, 0.3) is 0 Å². The van der Waals surface area contributed by atoms with Crippen LogP contribution in [-0.4, -0.2) is 19.6 Å². The van der Waals surface area contributed by atoms with Crippen molar-refractivity contribution in [2.24, 2.45) is 14.1 Å². The minimum atomic E-state index is -0.0613. The smallest absolute Gasteiger partial charge is 0.207 e. The van der Waals surface area contributed by atoms with Crippen LogP contribution in [0.3, 0.4) is 0 Å². The van der Waals surface area contributed by atoms with Gasteiger partial charge in [-0.05, 0) is 17.7 Å². The lowest BCUT2D eigenvalue weighted by Crippen LogP contribution is -2.09. The summed E-state index contributed by atoms with van der Waals surface area (Å²) in [5.41, 5.74) is 2.75. The SMILES string of the molecule is Cn1cc(-c2ccc3c(c2)c(=O)cnn3C)cn1. The number of rotatable bonds is 1. The van der Waals surface area contributed by atoms with E-state index in [4.69, 9.17) is 0 Å². The average Bonchev–Trinajstić information content (AvgIpc) is 2.80. The molecule has 2 heterocycles. The highest BCUT2D eigenvalue weighted by molar-refractivity contribution is 5.83. The normalized spacial score (nSPS) is 11.0. The van der Waals surface area contributed by atoms with Crippen LogP contribution in [0.5, 0.6) is 0 Å². The molecule has 1 aromatic carbocycles. The summed E-state index contributed by atoms with van der Waals surface area (Å²) < 4.78 is 3.44. The lowest BCUT2D eigenvalue weighted by atomic mass is 10.1. The molecule has 0 fully saturated rings. The van der Waals surface area contributed by atoms with Gasteiger partial charge in [-0.25, -0.2) is 0 Å². The van der Waals surface area contributed by atoms with Gasteiger partial charge in [0.2, 0.25) is 5.43 Å². The van der Waals surface area contributed by atoms with Gasteiger partial charge >= 0.3 is 0 Å². The Bertz CT molecular complexity index is 785. The summed E-state index contributed by atoms with van der Waals surface area (Å²) >= 11 is 0. The van der Waals surface area contributed by atoms with E-state index in [9.17, 15) is 4.79 Å². The van der Waals surface area contributed by atoms with E-state index in [-0.39, 0.29) is 5.43 Å². The molecule has 0 saturated carbocycles. The van der Waals surface area contributed by atoms with Crippen LogP contribution in [0, 0.1) is 0 Å². The third-order valence-corrected chi connectivity index (χ3v) is 3.00. The molecule has 2 aromatic heterocycles. The summed E-state index contributed by atoms with van der Waals surface area (Å²) in [7, 11) is 3.69. The van der Waals surface area contributed by atoms with Gasteiger partial charge in [0.05, 0.1) is 17.9 Å². The van der Waals surface area contributed by atoms with E-state index in [1.165, 1.54) is 6.20 Å². The third-order valence-electron chi connectivity index (χ3n) is 3.00. The van der Waals surface area contributed by atoms with Crippen LogP contribution in [0.15, 0.2) is 41.6 Å². The first-order chi connectivity index (χ1) is 8.65. The van der Waals surface area contributed by atoms with Crippen LogP contribution in [0.1, 0.15) is 0 Å². The Morgan fingerprint density at radius 1 is 1.06 bits per heavy atom. The van der Waals surface area contributed by atoms with E-state index in [2.05, 4.69) is 10.2 Å². The standard InChI is InChI=1S/C13H12N4O/c1-16-8-10(6-14-16)9-3-4-12-11(5-9)13(18)7-15-17(12)2/h3-8H,1-2H3. The number of fused-ring (bicyclic) bond motifs is 1. The molecule has 90 valence electrons. The van der Waals surface area contributed by atoms with Gasteiger partial charge in [-0.3, -0.25) is 14.2 Å². The molecule has 0 atom stereocenters. The zero-order valence-corrected chi connectivity index (χ0v) is 10.2. The van der Waals surface area contributed by atoms with Crippen LogP contribution in [-0.2, 0) is 14.1 Å². The highest BCUT2D eigenvalue weighted by Gasteiger charge is 2.05. The zero-order chi connectivity index (χ0) is 12.7. The first kappa shape index (κ1) is 10.7. The van der Waals surface area contributed by atoms with Gasteiger partial charge in [-0.15, -0.1) is 0 Å². The minimum Gasteiger partial charge on any atom is -0.287 e. The van der Waals surface area contributed by atoms with Gasteiger partial charge in [-0.1, -0.05) is 6.07 Å². The van der Waals surface area contributed by atoms with E-state index in [0.717, 1.165) is 16.6 Å². The van der Waals surface area contributed by atoms with Crippen LogP contribution < -0.4 is 5.43 Å². The van der Waals surface area contributed by atoms with Crippen LogP contribution in [0.25, 0.3) is 22.0 Å². The van der Waals surface area contributed by atoms with E-state index < -0.39 is 0 Å². The van der Waals surface area contributed by atoms with E-state index in [1.54, 1.807) is 15.6 Å². The fourth-order valence-electron chi connectivity index (χ4n) is 2.04. The average molecular weight is 240 g/mol. The summed E-state index contributed by atoms with van der Waals surface area (Å²) in [5.74, 6) is 0. The molecular formula is C13H12N4O. The number of aryl methyl sites for hydroxylation is 2. The molecule has 0 radical (unpaired) electrons. The molecule has 3 rings (SSSR count). The highest BCUT2D eigenvalue weighted by Crippen LogP contribution is 2.21. The topological polar surface area (TPSA) is 52.7 Å². The second-order valence-corrected chi connectivity index (χ2v) is 4.27. The fourth-order valence-corrected chi connectivity index (χ4v) is 2.04. The van der Waals surface area contributed by atoms with Crippen LogP contribution >= 0.6 is 0 Å². The monoisotopic (exact) mass is 240 g/mol. The Morgan fingerprint density at radius 2 is 1.89 bits per heavy atom. The number of benzene rings is 1. The molecule has 0 unspecified atom stereocenters. The number of hydrogen-bond acceptors (Lipinski definition) is 3. The van der Waals surface area contributed by atoms with Crippen molar-refractivity contribution in [1.29, 1.82) is 0 Å². The molecule has 0 bridgehead atoms. The molecule has 0 spiro atoms. The molecule has 5 nitrogen and oxygen atoms in total. The van der Waals surface area contributed by atoms with Gasteiger partial charge in [0, 0.05) is 31.2 Å².